The van der Waals surface area contributed by atoms with Gasteiger partial charge in [0.2, 0.25) is 5.91 Å². The summed E-state index contributed by atoms with van der Waals surface area (Å²) in [6.07, 6.45) is 13.3. The first kappa shape index (κ1) is 21.3. The summed E-state index contributed by atoms with van der Waals surface area (Å²) < 4.78 is 0. The molecule has 1 saturated heterocycles. The number of fused-ring (bicyclic) bond motifs is 3. The Labute approximate surface area is 191 Å². The SMILES string of the molecule is O=C(CCC1CCCCC1)N1CCc2c([nH]c3ccc(Cl)cc23)C1CN1CCCCC1. The minimum Gasteiger partial charge on any atom is -0.356 e. The number of aromatic amines is 1. The first-order chi connectivity index (χ1) is 15.2. The molecule has 3 heterocycles. The normalized spacial score (nSPS) is 23.3. The first-order valence-corrected chi connectivity index (χ1v) is 12.9. The molecule has 5 rings (SSSR count). The van der Waals surface area contributed by atoms with Crippen molar-refractivity contribution in [3.8, 4) is 0 Å². The fourth-order valence-corrected chi connectivity index (χ4v) is 6.33. The molecule has 1 aromatic heterocycles. The molecule has 1 aliphatic carbocycles. The van der Waals surface area contributed by atoms with Gasteiger partial charge in [-0.25, -0.2) is 0 Å². The molecule has 168 valence electrons. The monoisotopic (exact) mass is 441 g/mol. The number of aromatic nitrogens is 1. The summed E-state index contributed by atoms with van der Waals surface area (Å²) in [5.41, 5.74) is 3.77. The Morgan fingerprint density at radius 2 is 1.81 bits per heavy atom. The van der Waals surface area contributed by atoms with Gasteiger partial charge < -0.3 is 14.8 Å². The smallest absolute Gasteiger partial charge is 0.223 e. The van der Waals surface area contributed by atoms with Gasteiger partial charge in [0.05, 0.1) is 6.04 Å². The summed E-state index contributed by atoms with van der Waals surface area (Å²) in [6.45, 7) is 4.08. The van der Waals surface area contributed by atoms with Gasteiger partial charge in [0.15, 0.2) is 0 Å². The third kappa shape index (κ3) is 4.66. The Bertz CT molecular complexity index is 911. The summed E-state index contributed by atoms with van der Waals surface area (Å²) in [5, 5.41) is 2.02. The quantitative estimate of drug-likeness (QED) is 0.609. The second-order valence-electron chi connectivity index (χ2n) is 9.96. The van der Waals surface area contributed by atoms with E-state index in [9.17, 15) is 4.79 Å². The van der Waals surface area contributed by atoms with Crippen molar-refractivity contribution in [2.24, 2.45) is 5.92 Å². The van der Waals surface area contributed by atoms with Crippen LogP contribution in [0.15, 0.2) is 18.2 Å². The molecule has 1 N–H and O–H groups in total. The number of benzene rings is 1. The number of carbonyl (C=O) groups excluding carboxylic acids is 1. The van der Waals surface area contributed by atoms with Gasteiger partial charge in [0, 0.05) is 41.1 Å². The molecule has 0 radical (unpaired) electrons. The lowest BCUT2D eigenvalue weighted by Gasteiger charge is -2.40. The fourth-order valence-electron chi connectivity index (χ4n) is 6.16. The maximum Gasteiger partial charge on any atom is 0.223 e. The zero-order valence-electron chi connectivity index (χ0n) is 18.7. The highest BCUT2D eigenvalue weighted by atomic mass is 35.5. The van der Waals surface area contributed by atoms with Gasteiger partial charge in [-0.15, -0.1) is 0 Å². The number of hydrogen-bond acceptors (Lipinski definition) is 2. The van der Waals surface area contributed by atoms with Crippen molar-refractivity contribution in [3.63, 3.8) is 0 Å². The highest BCUT2D eigenvalue weighted by Crippen LogP contribution is 2.37. The lowest BCUT2D eigenvalue weighted by molar-refractivity contribution is -0.135. The lowest BCUT2D eigenvalue weighted by atomic mass is 9.86. The number of likely N-dealkylation sites (tertiary alicyclic amines) is 1. The van der Waals surface area contributed by atoms with E-state index < -0.39 is 0 Å². The molecule has 1 saturated carbocycles. The van der Waals surface area contributed by atoms with Gasteiger partial charge in [0.25, 0.3) is 0 Å². The third-order valence-corrected chi connectivity index (χ3v) is 8.14. The Morgan fingerprint density at radius 3 is 2.61 bits per heavy atom. The minimum atomic E-state index is 0.131. The number of halogens is 1. The number of nitrogens with zero attached hydrogens (tertiary/aromatic N) is 2. The van der Waals surface area contributed by atoms with Crippen molar-refractivity contribution in [1.82, 2.24) is 14.8 Å². The van der Waals surface area contributed by atoms with Gasteiger partial charge in [-0.05, 0) is 68.5 Å². The van der Waals surface area contributed by atoms with Crippen molar-refractivity contribution < 1.29 is 4.79 Å². The van der Waals surface area contributed by atoms with E-state index in [0.29, 0.717) is 12.3 Å². The van der Waals surface area contributed by atoms with Crippen molar-refractivity contribution in [3.05, 3.63) is 34.5 Å². The second-order valence-corrected chi connectivity index (χ2v) is 10.4. The average molecular weight is 442 g/mol. The zero-order chi connectivity index (χ0) is 21.2. The molecule has 0 spiro atoms. The van der Waals surface area contributed by atoms with Crippen LogP contribution < -0.4 is 0 Å². The van der Waals surface area contributed by atoms with Gasteiger partial charge >= 0.3 is 0 Å². The van der Waals surface area contributed by atoms with Crippen LogP contribution in [0.25, 0.3) is 10.9 Å². The van der Waals surface area contributed by atoms with Crippen LogP contribution in [0.5, 0.6) is 0 Å². The minimum absolute atomic E-state index is 0.131. The van der Waals surface area contributed by atoms with E-state index in [2.05, 4.69) is 26.9 Å². The number of rotatable bonds is 5. The topological polar surface area (TPSA) is 39.3 Å². The van der Waals surface area contributed by atoms with Gasteiger partial charge in [-0.2, -0.15) is 0 Å². The molecule has 31 heavy (non-hydrogen) atoms. The Morgan fingerprint density at radius 1 is 1.03 bits per heavy atom. The highest BCUT2D eigenvalue weighted by Gasteiger charge is 2.34. The van der Waals surface area contributed by atoms with E-state index in [1.165, 1.54) is 68.0 Å². The van der Waals surface area contributed by atoms with Crippen molar-refractivity contribution in [1.29, 1.82) is 0 Å². The molecule has 1 amide bonds. The van der Waals surface area contributed by atoms with Crippen LogP contribution in [0.3, 0.4) is 0 Å². The number of nitrogens with one attached hydrogen (secondary N) is 1. The molecule has 1 unspecified atom stereocenters. The largest absolute Gasteiger partial charge is 0.356 e. The van der Waals surface area contributed by atoms with Gasteiger partial charge in [-0.3, -0.25) is 4.79 Å². The maximum atomic E-state index is 13.4. The van der Waals surface area contributed by atoms with Crippen molar-refractivity contribution in [2.45, 2.75) is 76.7 Å². The summed E-state index contributed by atoms with van der Waals surface area (Å²) in [7, 11) is 0. The predicted molar refractivity (Wildman–Crippen MR) is 128 cm³/mol. The van der Waals surface area contributed by atoms with Gasteiger partial charge in [-0.1, -0.05) is 50.1 Å². The molecular formula is C26H36ClN3O. The molecule has 5 heteroatoms. The first-order valence-electron chi connectivity index (χ1n) is 12.5. The third-order valence-electron chi connectivity index (χ3n) is 7.90. The Kier molecular flexibility index (Phi) is 6.56. The van der Waals surface area contributed by atoms with E-state index in [1.807, 2.05) is 6.07 Å². The van der Waals surface area contributed by atoms with E-state index in [1.54, 1.807) is 0 Å². The van der Waals surface area contributed by atoms with Crippen molar-refractivity contribution >= 4 is 28.4 Å². The summed E-state index contributed by atoms with van der Waals surface area (Å²) in [4.78, 5) is 21.9. The van der Waals surface area contributed by atoms with Gasteiger partial charge in [0.1, 0.15) is 0 Å². The van der Waals surface area contributed by atoms with Crippen LogP contribution in [-0.4, -0.2) is 46.9 Å². The van der Waals surface area contributed by atoms with E-state index >= 15 is 0 Å². The molecule has 2 aromatic rings. The number of amides is 1. The molecule has 1 atom stereocenters. The van der Waals surface area contributed by atoms with Crippen LogP contribution in [0.2, 0.25) is 5.02 Å². The van der Waals surface area contributed by atoms with Crippen LogP contribution in [0.1, 0.15) is 81.5 Å². The number of hydrogen-bond donors (Lipinski definition) is 1. The Hall–Kier alpha value is -1.52. The second kappa shape index (κ2) is 9.54. The van der Waals surface area contributed by atoms with Crippen LogP contribution >= 0.6 is 11.6 Å². The summed E-state index contributed by atoms with van der Waals surface area (Å²) in [5.74, 6) is 1.11. The standard InChI is InChI=1S/C26H36ClN3O/c27-20-10-11-23-22(17-20)21-13-16-30(25(31)12-9-19-7-3-1-4-8-19)24(26(21)28-23)18-29-14-5-2-6-15-29/h10-11,17,19,24,28H,1-9,12-16,18H2. The summed E-state index contributed by atoms with van der Waals surface area (Å²) in [6, 6.07) is 6.26. The van der Waals surface area contributed by atoms with Crippen LogP contribution in [0.4, 0.5) is 0 Å². The van der Waals surface area contributed by atoms with E-state index in [0.717, 1.165) is 55.5 Å². The van der Waals surface area contributed by atoms with Crippen LogP contribution in [-0.2, 0) is 11.2 Å². The molecule has 2 fully saturated rings. The predicted octanol–water partition coefficient (Wildman–Crippen LogP) is 6.09. The number of carbonyl (C=O) groups is 1. The van der Waals surface area contributed by atoms with Crippen LogP contribution in [0, 0.1) is 5.92 Å². The average Bonchev–Trinajstić information content (AvgIpc) is 3.17. The molecule has 3 aliphatic rings. The molecular weight excluding hydrogens is 406 g/mol. The molecule has 4 nitrogen and oxygen atoms in total. The number of piperidine rings is 1. The number of H-pyrrole nitrogens is 1. The Balaban J connectivity index is 1.38. The maximum absolute atomic E-state index is 13.4. The van der Waals surface area contributed by atoms with E-state index in [4.69, 9.17) is 11.6 Å². The fraction of sp³-hybridized carbons (Fsp3) is 0.654. The lowest BCUT2D eigenvalue weighted by Crippen LogP contribution is -2.46. The van der Waals surface area contributed by atoms with Crippen molar-refractivity contribution in [2.75, 3.05) is 26.2 Å². The molecule has 2 aliphatic heterocycles. The van der Waals surface area contributed by atoms with E-state index in [-0.39, 0.29) is 6.04 Å². The molecule has 0 bridgehead atoms. The highest BCUT2D eigenvalue weighted by molar-refractivity contribution is 6.31. The molecule has 1 aromatic carbocycles. The zero-order valence-corrected chi connectivity index (χ0v) is 19.4. The summed E-state index contributed by atoms with van der Waals surface area (Å²) >= 11 is 6.32.